The molecule has 0 spiro atoms. The van der Waals surface area contributed by atoms with Crippen LogP contribution in [0.25, 0.3) is 0 Å². The van der Waals surface area contributed by atoms with Crippen LogP contribution in [0.3, 0.4) is 0 Å². The van der Waals surface area contributed by atoms with Gasteiger partial charge in [0.05, 0.1) is 16.7 Å². The molecule has 3 aromatic rings. The van der Waals surface area contributed by atoms with Crippen molar-refractivity contribution in [3.8, 4) is 0 Å². The first kappa shape index (κ1) is 35.5. The molecule has 15 nitrogen and oxygen atoms in total. The average Bonchev–Trinajstić information content (AvgIpc) is 2.84. The molecule has 0 saturated heterocycles. The summed E-state index contributed by atoms with van der Waals surface area (Å²) in [5, 5.41) is 51.0. The zero-order valence-electron chi connectivity index (χ0n) is 18.5. The maximum absolute atomic E-state index is 10.4. The van der Waals surface area contributed by atoms with E-state index in [4.69, 9.17) is 30.6 Å². The molecule has 0 radical (unpaired) electrons. The van der Waals surface area contributed by atoms with Crippen molar-refractivity contribution in [1.82, 2.24) is 15.0 Å². The van der Waals surface area contributed by atoms with E-state index < -0.39 is 52.9 Å². The summed E-state index contributed by atoms with van der Waals surface area (Å²) < 4.78 is 0. The standard InChI is InChI=1S/3C7H5NO4.2Cr/c3*9-6(10)4-2-1-3-8-5(4)7(11)12;;/h3*1-3H,(H,9,10)(H,11,12);;. The van der Waals surface area contributed by atoms with Crippen LogP contribution in [-0.2, 0) is 34.7 Å². The Bertz CT molecular complexity index is 1070. The zero-order valence-corrected chi connectivity index (χ0v) is 21.0. The van der Waals surface area contributed by atoms with Crippen LogP contribution in [0.4, 0.5) is 0 Å². The molecule has 17 heteroatoms. The maximum atomic E-state index is 10.4. The van der Waals surface area contributed by atoms with E-state index in [0.717, 1.165) is 0 Å². The van der Waals surface area contributed by atoms with Gasteiger partial charge >= 0.3 is 35.8 Å². The first-order chi connectivity index (χ1) is 16.9. The number of aromatic nitrogens is 3. The summed E-state index contributed by atoms with van der Waals surface area (Å²) in [7, 11) is 0. The van der Waals surface area contributed by atoms with Gasteiger partial charge in [-0.25, -0.2) is 43.7 Å². The van der Waals surface area contributed by atoms with E-state index >= 15 is 0 Å². The minimum atomic E-state index is -1.34. The molecule has 0 unspecified atom stereocenters. The molecule has 38 heavy (non-hydrogen) atoms. The molecule has 0 fully saturated rings. The third-order valence-corrected chi connectivity index (χ3v) is 3.72. The molecular formula is C21H15Cr2N3O12. The second-order valence-electron chi connectivity index (χ2n) is 6.03. The van der Waals surface area contributed by atoms with Gasteiger partial charge in [0.15, 0.2) is 17.1 Å². The Morgan fingerprint density at radius 1 is 0.421 bits per heavy atom. The van der Waals surface area contributed by atoms with Gasteiger partial charge in [0.2, 0.25) is 0 Å². The van der Waals surface area contributed by atoms with Gasteiger partial charge in [-0.2, -0.15) is 0 Å². The quantitative estimate of drug-likeness (QED) is 0.232. The van der Waals surface area contributed by atoms with Crippen LogP contribution in [0.2, 0.25) is 0 Å². The van der Waals surface area contributed by atoms with Crippen LogP contribution in [0.1, 0.15) is 62.5 Å². The van der Waals surface area contributed by atoms with Crippen molar-refractivity contribution >= 4 is 35.8 Å². The molecule has 0 aliphatic heterocycles. The monoisotopic (exact) mass is 605 g/mol. The van der Waals surface area contributed by atoms with Gasteiger partial charge in [0.25, 0.3) is 0 Å². The Morgan fingerprint density at radius 3 is 0.763 bits per heavy atom. The predicted octanol–water partition coefficient (Wildman–Crippen LogP) is 1.43. The molecule has 0 aromatic carbocycles. The fourth-order valence-electron chi connectivity index (χ4n) is 2.24. The summed E-state index contributed by atoms with van der Waals surface area (Å²) in [6.45, 7) is 0. The van der Waals surface area contributed by atoms with Crippen LogP contribution >= 0.6 is 0 Å². The van der Waals surface area contributed by atoms with Crippen molar-refractivity contribution in [2.75, 3.05) is 0 Å². The average molecular weight is 605 g/mol. The SMILES string of the molecule is O=C(O)c1cccnc1C(=O)O.O=C(O)c1cccnc1C(=O)O.O=C(O)c1cccnc1C(=O)O.[Cr].[Cr]. The molecule has 0 aliphatic rings. The molecular weight excluding hydrogens is 590 g/mol. The summed E-state index contributed by atoms with van der Waals surface area (Å²) in [5.41, 5.74) is -2.22. The number of carboxylic acid groups (broad SMARTS) is 6. The summed E-state index contributed by atoms with van der Waals surface area (Å²) in [5.74, 6) is -7.89. The maximum Gasteiger partial charge on any atom is 0.355 e. The van der Waals surface area contributed by atoms with E-state index in [1.165, 1.54) is 55.0 Å². The van der Waals surface area contributed by atoms with Gasteiger partial charge in [-0.05, 0) is 36.4 Å². The minimum absolute atomic E-state index is 0. The summed E-state index contributed by atoms with van der Waals surface area (Å²) in [6, 6.07) is 7.69. The van der Waals surface area contributed by atoms with Gasteiger partial charge < -0.3 is 30.6 Å². The second kappa shape index (κ2) is 16.9. The smallest absolute Gasteiger partial charge is 0.355 e. The molecule has 3 heterocycles. The van der Waals surface area contributed by atoms with Gasteiger partial charge in [-0.15, -0.1) is 0 Å². The number of carbonyl (C=O) groups is 6. The largest absolute Gasteiger partial charge is 0.478 e. The van der Waals surface area contributed by atoms with Gasteiger partial charge in [-0.3, -0.25) is 0 Å². The van der Waals surface area contributed by atoms with Crippen LogP contribution in [0.5, 0.6) is 0 Å². The summed E-state index contributed by atoms with van der Waals surface area (Å²) in [6.07, 6.45) is 3.70. The van der Waals surface area contributed by atoms with Gasteiger partial charge in [-0.1, -0.05) is 0 Å². The van der Waals surface area contributed by atoms with Crippen LogP contribution in [-0.4, -0.2) is 81.4 Å². The summed E-state index contributed by atoms with van der Waals surface area (Å²) >= 11 is 0. The van der Waals surface area contributed by atoms with Crippen molar-refractivity contribution in [1.29, 1.82) is 0 Å². The van der Waals surface area contributed by atoms with Crippen LogP contribution in [0.15, 0.2) is 55.0 Å². The Morgan fingerprint density at radius 2 is 0.632 bits per heavy atom. The van der Waals surface area contributed by atoms with E-state index in [0.29, 0.717) is 0 Å². The number of rotatable bonds is 6. The molecule has 3 rings (SSSR count). The first-order valence-electron chi connectivity index (χ1n) is 9.13. The zero-order chi connectivity index (χ0) is 27.4. The second-order valence-corrected chi connectivity index (χ2v) is 6.03. The van der Waals surface area contributed by atoms with Crippen LogP contribution < -0.4 is 0 Å². The molecule has 0 aliphatic carbocycles. The fraction of sp³-hybridized carbons (Fsp3) is 0. The number of carboxylic acids is 6. The predicted molar refractivity (Wildman–Crippen MR) is 114 cm³/mol. The molecule has 0 amide bonds. The van der Waals surface area contributed by atoms with E-state index in [9.17, 15) is 28.8 Å². The van der Waals surface area contributed by atoms with Crippen molar-refractivity contribution in [3.63, 3.8) is 0 Å². The van der Waals surface area contributed by atoms with Gasteiger partial charge in [0, 0.05) is 53.3 Å². The number of hydrogen-bond donors (Lipinski definition) is 6. The number of pyridine rings is 3. The van der Waals surface area contributed by atoms with Crippen molar-refractivity contribution in [2.24, 2.45) is 0 Å². The fourth-order valence-corrected chi connectivity index (χ4v) is 2.24. The molecule has 0 bridgehead atoms. The molecule has 198 valence electrons. The van der Waals surface area contributed by atoms with E-state index in [1.807, 2.05) is 0 Å². The van der Waals surface area contributed by atoms with E-state index in [-0.39, 0.29) is 51.4 Å². The molecule has 6 N–H and O–H groups in total. The first-order valence-corrected chi connectivity index (χ1v) is 9.13. The topological polar surface area (TPSA) is 262 Å². The number of aromatic carboxylic acids is 6. The Kier molecular flexibility index (Phi) is 15.8. The van der Waals surface area contributed by atoms with Crippen molar-refractivity contribution in [3.05, 3.63) is 88.8 Å². The van der Waals surface area contributed by atoms with Crippen molar-refractivity contribution < 1.29 is 94.1 Å². The van der Waals surface area contributed by atoms with Crippen LogP contribution in [0, 0.1) is 0 Å². The van der Waals surface area contributed by atoms with Crippen molar-refractivity contribution in [2.45, 2.75) is 0 Å². The van der Waals surface area contributed by atoms with E-state index in [2.05, 4.69) is 15.0 Å². The Labute approximate surface area is 233 Å². The third kappa shape index (κ3) is 10.5. The van der Waals surface area contributed by atoms with Gasteiger partial charge in [0.1, 0.15) is 0 Å². The molecule has 3 aromatic heterocycles. The normalized spacial score (nSPS) is 8.84. The third-order valence-electron chi connectivity index (χ3n) is 3.72. The minimum Gasteiger partial charge on any atom is -0.478 e. The Balaban J connectivity index is 0. The number of nitrogens with zero attached hydrogens (tertiary/aromatic N) is 3. The van der Waals surface area contributed by atoms with E-state index in [1.54, 1.807) is 0 Å². The summed E-state index contributed by atoms with van der Waals surface area (Å²) in [4.78, 5) is 72.7. The number of hydrogen-bond acceptors (Lipinski definition) is 9. The Hall–Kier alpha value is -4.67. The molecule has 0 atom stereocenters. The molecule has 0 saturated carbocycles.